The second-order valence-corrected chi connectivity index (χ2v) is 5.79. The molecule has 2 aromatic carbocycles. The number of hydrogen-bond acceptors (Lipinski definition) is 4. The van der Waals surface area contributed by atoms with Crippen LogP contribution in [0.4, 0.5) is 10.5 Å². The lowest BCUT2D eigenvalue weighted by Gasteiger charge is -2.14. The number of carbonyl (C=O) groups is 1. The number of amides is 1. The molecule has 2 aromatic rings. The van der Waals surface area contributed by atoms with Crippen LogP contribution in [0.25, 0.3) is 6.08 Å². The van der Waals surface area contributed by atoms with Gasteiger partial charge in [0.25, 0.3) is 5.24 Å². The molecule has 0 radical (unpaired) electrons. The standard InChI is InChI=1S/C16H11NO2S2/c18-13-9-5-4-6-11(13)10-14-15(20)17(16(19)21-14)12-7-2-1-3-8-12/h1-10,18H/b14-10-. The summed E-state index contributed by atoms with van der Waals surface area (Å²) >= 11 is 6.47. The Morgan fingerprint density at radius 3 is 2.43 bits per heavy atom. The molecule has 1 fully saturated rings. The quantitative estimate of drug-likeness (QED) is 0.657. The van der Waals surface area contributed by atoms with Gasteiger partial charge >= 0.3 is 0 Å². The molecule has 104 valence electrons. The van der Waals surface area contributed by atoms with Crippen molar-refractivity contribution in [3.63, 3.8) is 0 Å². The molecule has 1 aliphatic rings. The van der Waals surface area contributed by atoms with E-state index in [1.54, 1.807) is 24.3 Å². The van der Waals surface area contributed by atoms with E-state index in [1.165, 1.54) is 4.90 Å². The van der Waals surface area contributed by atoms with Gasteiger partial charge in [-0.2, -0.15) is 0 Å². The number of aromatic hydroxyl groups is 1. The Labute approximate surface area is 131 Å². The molecule has 0 spiro atoms. The first-order chi connectivity index (χ1) is 10.2. The van der Waals surface area contributed by atoms with E-state index in [1.807, 2.05) is 36.4 Å². The minimum Gasteiger partial charge on any atom is -0.507 e. The van der Waals surface area contributed by atoms with E-state index in [4.69, 9.17) is 12.2 Å². The maximum Gasteiger partial charge on any atom is 0.296 e. The SMILES string of the molecule is O=C1S/C(=C\c2ccccc2O)C(=S)N1c1ccccc1. The van der Waals surface area contributed by atoms with E-state index in [2.05, 4.69) is 0 Å². The lowest BCUT2D eigenvalue weighted by molar-refractivity contribution is 0.268. The lowest BCUT2D eigenvalue weighted by atomic mass is 10.2. The molecule has 5 heteroatoms. The van der Waals surface area contributed by atoms with Crippen LogP contribution in [0.5, 0.6) is 5.75 Å². The zero-order chi connectivity index (χ0) is 14.8. The zero-order valence-electron chi connectivity index (χ0n) is 10.9. The minimum absolute atomic E-state index is 0.132. The zero-order valence-corrected chi connectivity index (χ0v) is 12.5. The van der Waals surface area contributed by atoms with Crippen LogP contribution >= 0.6 is 24.0 Å². The Morgan fingerprint density at radius 1 is 1.05 bits per heavy atom. The molecular formula is C16H11NO2S2. The Balaban J connectivity index is 1.96. The van der Waals surface area contributed by atoms with Crippen LogP contribution < -0.4 is 4.90 Å². The van der Waals surface area contributed by atoms with Crippen molar-refractivity contribution in [2.45, 2.75) is 0 Å². The minimum atomic E-state index is -0.132. The van der Waals surface area contributed by atoms with E-state index < -0.39 is 0 Å². The molecule has 0 bridgehead atoms. The van der Waals surface area contributed by atoms with E-state index >= 15 is 0 Å². The largest absolute Gasteiger partial charge is 0.507 e. The monoisotopic (exact) mass is 313 g/mol. The molecule has 1 N–H and O–H groups in total. The second kappa shape index (κ2) is 5.71. The number of thioether (sulfide) groups is 1. The van der Waals surface area contributed by atoms with Crippen LogP contribution in [0.1, 0.15) is 5.56 Å². The summed E-state index contributed by atoms with van der Waals surface area (Å²) in [6.07, 6.45) is 1.74. The summed E-state index contributed by atoms with van der Waals surface area (Å²) in [6, 6.07) is 16.2. The fraction of sp³-hybridized carbons (Fsp3) is 0. The third-order valence-electron chi connectivity index (χ3n) is 3.03. The number of benzene rings is 2. The number of thiocarbonyl (C=S) groups is 1. The number of rotatable bonds is 2. The van der Waals surface area contributed by atoms with Gasteiger partial charge < -0.3 is 5.11 Å². The van der Waals surface area contributed by atoms with Crippen molar-refractivity contribution < 1.29 is 9.90 Å². The van der Waals surface area contributed by atoms with Crippen LogP contribution in [0, 0.1) is 0 Å². The van der Waals surface area contributed by atoms with Crippen LogP contribution in [-0.4, -0.2) is 15.3 Å². The van der Waals surface area contributed by atoms with Gasteiger partial charge in [-0.15, -0.1) is 0 Å². The number of nitrogens with zero attached hydrogens (tertiary/aromatic N) is 1. The molecule has 1 aliphatic heterocycles. The molecule has 0 saturated carbocycles. The van der Waals surface area contributed by atoms with Gasteiger partial charge in [0.1, 0.15) is 10.7 Å². The van der Waals surface area contributed by atoms with E-state index in [9.17, 15) is 9.90 Å². The summed E-state index contributed by atoms with van der Waals surface area (Å²) in [7, 11) is 0. The first kappa shape index (κ1) is 13.9. The molecule has 0 atom stereocenters. The highest BCUT2D eigenvalue weighted by atomic mass is 32.2. The molecule has 0 aliphatic carbocycles. The van der Waals surface area contributed by atoms with Crippen molar-refractivity contribution in [1.82, 2.24) is 0 Å². The summed E-state index contributed by atoms with van der Waals surface area (Å²) < 4.78 is 0. The summed E-state index contributed by atoms with van der Waals surface area (Å²) in [5.41, 5.74) is 1.39. The first-order valence-electron chi connectivity index (χ1n) is 6.28. The van der Waals surface area contributed by atoms with Crippen LogP contribution in [0.2, 0.25) is 0 Å². The average Bonchev–Trinajstić information content (AvgIpc) is 2.77. The smallest absolute Gasteiger partial charge is 0.296 e. The van der Waals surface area contributed by atoms with E-state index in [0.29, 0.717) is 15.5 Å². The molecule has 3 rings (SSSR count). The Bertz CT molecular complexity index is 741. The number of phenols is 1. The maximum absolute atomic E-state index is 12.2. The molecule has 1 amide bonds. The van der Waals surface area contributed by atoms with Crippen LogP contribution in [0.3, 0.4) is 0 Å². The highest BCUT2D eigenvalue weighted by Gasteiger charge is 2.32. The molecule has 0 aromatic heterocycles. The number of phenolic OH excluding ortho intramolecular Hbond substituents is 1. The van der Waals surface area contributed by atoms with Crippen molar-refractivity contribution in [1.29, 1.82) is 0 Å². The van der Waals surface area contributed by atoms with Gasteiger partial charge in [0.05, 0.1) is 10.6 Å². The van der Waals surface area contributed by atoms with Gasteiger partial charge in [-0.25, -0.2) is 0 Å². The van der Waals surface area contributed by atoms with Gasteiger partial charge in [0, 0.05) is 5.56 Å². The summed E-state index contributed by atoms with van der Waals surface area (Å²) in [4.78, 5) is 14.8. The highest BCUT2D eigenvalue weighted by Crippen LogP contribution is 2.37. The third kappa shape index (κ3) is 2.70. The van der Waals surface area contributed by atoms with Crippen LogP contribution in [-0.2, 0) is 0 Å². The van der Waals surface area contributed by atoms with Crippen molar-refractivity contribution >= 4 is 46.0 Å². The van der Waals surface area contributed by atoms with Crippen molar-refractivity contribution in [2.75, 3.05) is 4.90 Å². The summed E-state index contributed by atoms with van der Waals surface area (Å²) in [5.74, 6) is 0.166. The fourth-order valence-corrected chi connectivity index (χ4v) is 3.29. The molecule has 1 saturated heterocycles. The number of carbonyl (C=O) groups excluding carboxylic acids is 1. The van der Waals surface area contributed by atoms with Crippen molar-refractivity contribution in [3.05, 3.63) is 65.1 Å². The molecule has 0 unspecified atom stereocenters. The van der Waals surface area contributed by atoms with Gasteiger partial charge in [0.2, 0.25) is 0 Å². The Morgan fingerprint density at radius 2 is 1.71 bits per heavy atom. The first-order valence-corrected chi connectivity index (χ1v) is 7.50. The molecule has 3 nitrogen and oxygen atoms in total. The number of para-hydroxylation sites is 2. The van der Waals surface area contributed by atoms with Gasteiger partial charge in [-0.3, -0.25) is 9.69 Å². The van der Waals surface area contributed by atoms with Gasteiger partial charge in [-0.1, -0.05) is 48.6 Å². The number of anilines is 1. The number of hydrogen-bond donors (Lipinski definition) is 1. The molecule has 21 heavy (non-hydrogen) atoms. The summed E-state index contributed by atoms with van der Waals surface area (Å²) in [6.45, 7) is 0. The normalized spacial score (nSPS) is 16.8. The predicted molar refractivity (Wildman–Crippen MR) is 90.6 cm³/mol. The Kier molecular flexibility index (Phi) is 3.77. The maximum atomic E-state index is 12.2. The molecular weight excluding hydrogens is 302 g/mol. The average molecular weight is 313 g/mol. The van der Waals surface area contributed by atoms with E-state index in [0.717, 1.165) is 17.4 Å². The third-order valence-corrected chi connectivity index (χ3v) is 4.45. The highest BCUT2D eigenvalue weighted by molar-refractivity contribution is 8.20. The van der Waals surface area contributed by atoms with Gasteiger partial charge in [-0.05, 0) is 36.0 Å². The fourth-order valence-electron chi connectivity index (χ4n) is 2.02. The van der Waals surface area contributed by atoms with Crippen LogP contribution in [0.15, 0.2) is 59.5 Å². The summed E-state index contributed by atoms with van der Waals surface area (Å²) in [5, 5.41) is 9.68. The lowest BCUT2D eigenvalue weighted by Crippen LogP contribution is -2.26. The van der Waals surface area contributed by atoms with Gasteiger partial charge in [0.15, 0.2) is 0 Å². The van der Waals surface area contributed by atoms with Crippen molar-refractivity contribution in [2.24, 2.45) is 0 Å². The molecule has 1 heterocycles. The second-order valence-electron chi connectivity index (χ2n) is 4.41. The van der Waals surface area contributed by atoms with Crippen molar-refractivity contribution in [3.8, 4) is 5.75 Å². The Hall–Kier alpha value is -2.11. The topological polar surface area (TPSA) is 40.5 Å². The van der Waals surface area contributed by atoms with E-state index in [-0.39, 0.29) is 11.0 Å². The predicted octanol–water partition coefficient (Wildman–Crippen LogP) is 4.43.